The fraction of sp³-hybridized carbons (Fsp3) is 0.385. The number of amides is 2. The summed E-state index contributed by atoms with van der Waals surface area (Å²) in [6.07, 6.45) is 3.16. The third-order valence-electron chi connectivity index (χ3n) is 3.18. The number of hydrogen-bond acceptors (Lipinski definition) is 3. The smallest absolute Gasteiger partial charge is 0.254 e. The second-order valence-electron chi connectivity index (χ2n) is 4.52. The zero-order chi connectivity index (χ0) is 13.1. The molecule has 4 N–H and O–H groups in total. The summed E-state index contributed by atoms with van der Waals surface area (Å²) in [6, 6.07) is 4.65. The summed E-state index contributed by atoms with van der Waals surface area (Å²) in [4.78, 5) is 25.4. The predicted molar refractivity (Wildman–Crippen MR) is 69.1 cm³/mol. The topological polar surface area (TPSA) is 89.4 Å². The van der Waals surface area contributed by atoms with Gasteiger partial charge in [0.2, 0.25) is 5.91 Å². The molecule has 1 aromatic carbocycles. The Labute approximate surface area is 106 Å². The van der Waals surface area contributed by atoms with E-state index in [1.165, 1.54) is 6.07 Å². The minimum absolute atomic E-state index is 0.136. The number of primary amides is 1. The molecular formula is C13H17N3O2. The molecule has 1 heterocycles. The van der Waals surface area contributed by atoms with E-state index in [9.17, 15) is 9.59 Å². The molecule has 1 aliphatic rings. The van der Waals surface area contributed by atoms with Crippen LogP contribution in [0.5, 0.6) is 0 Å². The van der Waals surface area contributed by atoms with E-state index in [1.807, 2.05) is 0 Å². The van der Waals surface area contributed by atoms with Crippen LogP contribution < -0.4 is 11.5 Å². The standard InChI is InChI=1S/C13H17N3O2/c14-9-4-5-10(11(8-9)12(15)17)13(18)16-6-2-1-3-7-16/h4-5,8H,1-3,6-7,14H2,(H2,15,17). The molecule has 2 rings (SSSR count). The summed E-state index contributed by atoms with van der Waals surface area (Å²) in [5.74, 6) is -0.758. The van der Waals surface area contributed by atoms with Gasteiger partial charge in [-0.2, -0.15) is 0 Å². The van der Waals surface area contributed by atoms with Crippen molar-refractivity contribution in [2.75, 3.05) is 18.8 Å². The van der Waals surface area contributed by atoms with Gasteiger partial charge in [-0.3, -0.25) is 9.59 Å². The van der Waals surface area contributed by atoms with Crippen molar-refractivity contribution >= 4 is 17.5 Å². The summed E-state index contributed by atoms with van der Waals surface area (Å²) >= 11 is 0. The molecule has 0 spiro atoms. The largest absolute Gasteiger partial charge is 0.399 e. The minimum Gasteiger partial charge on any atom is -0.399 e. The number of nitrogens with zero attached hydrogens (tertiary/aromatic N) is 1. The van der Waals surface area contributed by atoms with E-state index in [4.69, 9.17) is 11.5 Å². The van der Waals surface area contributed by atoms with Gasteiger partial charge >= 0.3 is 0 Å². The number of piperidine rings is 1. The first kappa shape index (κ1) is 12.4. The van der Waals surface area contributed by atoms with E-state index in [2.05, 4.69) is 0 Å². The number of benzene rings is 1. The Bertz CT molecular complexity index is 479. The second-order valence-corrected chi connectivity index (χ2v) is 4.52. The van der Waals surface area contributed by atoms with Gasteiger partial charge in [0.1, 0.15) is 0 Å². The number of hydrogen-bond donors (Lipinski definition) is 2. The summed E-state index contributed by atoms with van der Waals surface area (Å²) in [5, 5.41) is 0. The zero-order valence-corrected chi connectivity index (χ0v) is 10.2. The van der Waals surface area contributed by atoms with Crippen LogP contribution in [0.25, 0.3) is 0 Å². The summed E-state index contributed by atoms with van der Waals surface area (Å²) in [7, 11) is 0. The van der Waals surface area contributed by atoms with Gasteiger partial charge in [0.05, 0.1) is 11.1 Å². The highest BCUT2D eigenvalue weighted by Gasteiger charge is 2.22. The van der Waals surface area contributed by atoms with Gasteiger partial charge in [-0.1, -0.05) is 0 Å². The van der Waals surface area contributed by atoms with E-state index in [0.29, 0.717) is 11.3 Å². The highest BCUT2D eigenvalue weighted by Crippen LogP contribution is 2.18. The fourth-order valence-corrected chi connectivity index (χ4v) is 2.22. The second kappa shape index (κ2) is 5.08. The lowest BCUT2D eigenvalue weighted by atomic mass is 10.0. The van der Waals surface area contributed by atoms with Crippen LogP contribution in [-0.2, 0) is 0 Å². The van der Waals surface area contributed by atoms with Crippen LogP contribution in [0.15, 0.2) is 18.2 Å². The highest BCUT2D eigenvalue weighted by molar-refractivity contribution is 6.07. The first-order chi connectivity index (χ1) is 8.59. The Morgan fingerprint density at radius 2 is 1.72 bits per heavy atom. The first-order valence-electron chi connectivity index (χ1n) is 6.08. The number of rotatable bonds is 2. The molecule has 0 unspecified atom stereocenters. The number of carbonyl (C=O) groups excluding carboxylic acids is 2. The van der Waals surface area contributed by atoms with Gasteiger partial charge in [0, 0.05) is 18.8 Å². The summed E-state index contributed by atoms with van der Waals surface area (Å²) < 4.78 is 0. The Morgan fingerprint density at radius 3 is 2.33 bits per heavy atom. The lowest BCUT2D eigenvalue weighted by molar-refractivity contribution is 0.0720. The third-order valence-corrected chi connectivity index (χ3v) is 3.18. The molecule has 18 heavy (non-hydrogen) atoms. The average molecular weight is 247 g/mol. The van der Waals surface area contributed by atoms with Gasteiger partial charge in [-0.25, -0.2) is 0 Å². The number of nitrogen functional groups attached to an aromatic ring is 1. The van der Waals surface area contributed by atoms with Gasteiger partial charge in [0.25, 0.3) is 5.91 Å². The van der Waals surface area contributed by atoms with Crippen LogP contribution in [0.3, 0.4) is 0 Å². The van der Waals surface area contributed by atoms with E-state index < -0.39 is 5.91 Å². The number of nitrogens with two attached hydrogens (primary N) is 2. The Kier molecular flexibility index (Phi) is 3.50. The van der Waals surface area contributed by atoms with Crippen LogP contribution in [0, 0.1) is 0 Å². The molecule has 1 aromatic rings. The Balaban J connectivity index is 2.31. The molecule has 0 radical (unpaired) electrons. The maximum Gasteiger partial charge on any atom is 0.254 e. The van der Waals surface area contributed by atoms with Crippen molar-refractivity contribution in [2.24, 2.45) is 5.73 Å². The molecule has 0 bridgehead atoms. The molecule has 1 fully saturated rings. The first-order valence-corrected chi connectivity index (χ1v) is 6.08. The quantitative estimate of drug-likeness (QED) is 0.764. The van der Waals surface area contributed by atoms with Crippen molar-refractivity contribution < 1.29 is 9.59 Å². The normalized spacial score (nSPS) is 15.4. The van der Waals surface area contributed by atoms with E-state index in [1.54, 1.807) is 17.0 Å². The minimum atomic E-state index is -0.623. The predicted octanol–water partition coefficient (Wildman–Crippen LogP) is 0.994. The monoisotopic (exact) mass is 247 g/mol. The number of anilines is 1. The van der Waals surface area contributed by atoms with E-state index in [0.717, 1.165) is 32.4 Å². The van der Waals surface area contributed by atoms with Crippen LogP contribution >= 0.6 is 0 Å². The molecule has 0 atom stereocenters. The highest BCUT2D eigenvalue weighted by atomic mass is 16.2. The molecule has 5 nitrogen and oxygen atoms in total. The maximum absolute atomic E-state index is 12.3. The molecule has 5 heteroatoms. The molecule has 0 aromatic heterocycles. The molecule has 0 saturated carbocycles. The molecule has 2 amide bonds. The van der Waals surface area contributed by atoms with Crippen molar-refractivity contribution in [2.45, 2.75) is 19.3 Å². The Hall–Kier alpha value is -2.04. The van der Waals surface area contributed by atoms with Gasteiger partial charge < -0.3 is 16.4 Å². The van der Waals surface area contributed by atoms with Crippen LogP contribution in [0.4, 0.5) is 5.69 Å². The maximum atomic E-state index is 12.3. The molecular weight excluding hydrogens is 230 g/mol. The van der Waals surface area contributed by atoms with Gasteiger partial charge in [0.15, 0.2) is 0 Å². The summed E-state index contributed by atoms with van der Waals surface area (Å²) in [5.41, 5.74) is 11.9. The lowest BCUT2D eigenvalue weighted by Crippen LogP contribution is -2.36. The van der Waals surface area contributed by atoms with Gasteiger partial charge in [-0.05, 0) is 37.5 Å². The van der Waals surface area contributed by atoms with Gasteiger partial charge in [-0.15, -0.1) is 0 Å². The van der Waals surface area contributed by atoms with Crippen molar-refractivity contribution in [3.63, 3.8) is 0 Å². The van der Waals surface area contributed by atoms with Crippen LogP contribution in [0.2, 0.25) is 0 Å². The third kappa shape index (κ3) is 2.45. The fourth-order valence-electron chi connectivity index (χ4n) is 2.22. The van der Waals surface area contributed by atoms with Crippen molar-refractivity contribution in [1.82, 2.24) is 4.90 Å². The number of carbonyl (C=O) groups is 2. The molecule has 1 aliphatic heterocycles. The zero-order valence-electron chi connectivity index (χ0n) is 10.2. The molecule has 96 valence electrons. The number of likely N-dealkylation sites (tertiary alicyclic amines) is 1. The van der Waals surface area contributed by atoms with Crippen LogP contribution in [0.1, 0.15) is 40.0 Å². The van der Waals surface area contributed by atoms with Crippen LogP contribution in [-0.4, -0.2) is 29.8 Å². The summed E-state index contributed by atoms with van der Waals surface area (Å²) in [6.45, 7) is 1.48. The van der Waals surface area contributed by atoms with Crippen molar-refractivity contribution in [1.29, 1.82) is 0 Å². The van der Waals surface area contributed by atoms with E-state index >= 15 is 0 Å². The molecule has 0 aliphatic carbocycles. The van der Waals surface area contributed by atoms with Crippen molar-refractivity contribution in [3.05, 3.63) is 29.3 Å². The Morgan fingerprint density at radius 1 is 1.06 bits per heavy atom. The SMILES string of the molecule is NC(=O)c1cc(N)ccc1C(=O)N1CCCCC1. The van der Waals surface area contributed by atoms with Crippen molar-refractivity contribution in [3.8, 4) is 0 Å². The lowest BCUT2D eigenvalue weighted by Gasteiger charge is -2.27. The van der Waals surface area contributed by atoms with E-state index in [-0.39, 0.29) is 11.5 Å². The average Bonchev–Trinajstić information content (AvgIpc) is 2.39. The molecule has 1 saturated heterocycles.